The number of para-hydroxylation sites is 2. The fourth-order valence-electron chi connectivity index (χ4n) is 4.64. The lowest BCUT2D eigenvalue weighted by Gasteiger charge is -2.08. The zero-order chi connectivity index (χ0) is 30.6. The number of fused-ring (bicyclic) bond motifs is 2. The highest BCUT2D eigenvalue weighted by Crippen LogP contribution is 2.25. The summed E-state index contributed by atoms with van der Waals surface area (Å²) >= 11 is 0. The van der Waals surface area contributed by atoms with Gasteiger partial charge in [-0.25, -0.2) is 0 Å². The molecule has 2 aromatic heterocycles. The van der Waals surface area contributed by atoms with Crippen LogP contribution in [-0.2, 0) is 32.2 Å². The monoisotopic (exact) mass is 570 g/mol. The normalized spacial score (nSPS) is 10.1. The summed E-state index contributed by atoms with van der Waals surface area (Å²) in [5.41, 5.74) is 3.18. The summed E-state index contributed by atoms with van der Waals surface area (Å²) < 4.78 is 14.4. The number of rotatable bonds is 12. The highest BCUT2D eigenvalue weighted by Gasteiger charge is 2.12. The molecule has 4 rings (SSSR count). The van der Waals surface area contributed by atoms with Crippen LogP contribution in [-0.4, -0.2) is 34.3 Å². The molecule has 2 heterocycles. The van der Waals surface area contributed by atoms with Gasteiger partial charge in [-0.2, -0.15) is 21.0 Å². The Kier molecular flexibility index (Phi) is 10.1. The van der Waals surface area contributed by atoms with E-state index in [4.69, 9.17) is 30.5 Å². The summed E-state index contributed by atoms with van der Waals surface area (Å²) in [7, 11) is 0. The van der Waals surface area contributed by atoms with E-state index in [1.54, 1.807) is 12.4 Å². The Hall–Kier alpha value is -6.10. The molecule has 0 N–H and O–H groups in total. The van der Waals surface area contributed by atoms with E-state index in [0.717, 1.165) is 32.9 Å². The Bertz CT molecular complexity index is 1730. The average molecular weight is 571 g/mol. The second-order valence-electron chi connectivity index (χ2n) is 9.45. The Balaban J connectivity index is 1.21. The van der Waals surface area contributed by atoms with Crippen molar-refractivity contribution in [2.45, 2.75) is 32.4 Å². The van der Waals surface area contributed by atoms with Gasteiger partial charge in [0.25, 0.3) is 0 Å². The smallest absolute Gasteiger partial charge is 0.307 e. The van der Waals surface area contributed by atoms with Gasteiger partial charge >= 0.3 is 11.9 Å². The molecule has 10 nitrogen and oxygen atoms in total. The van der Waals surface area contributed by atoms with E-state index in [0.29, 0.717) is 19.5 Å². The maximum absolute atomic E-state index is 12.3. The first-order valence-electron chi connectivity index (χ1n) is 13.5. The number of esters is 2. The standard InChI is InChI=1S/C33H26N6O4/c34-18-24(19-35)16-26-22-38(30-8-3-1-6-28(26)30)12-10-32(40)42-14-5-15-43-33(41)11-13-39-23-27(17-25(20-36)21-37)29-7-2-4-9-31(29)39/h1-4,6-9,16-17,22-23H,5,10-15H2. The predicted octanol–water partition coefficient (Wildman–Crippen LogP) is 5.41. The number of carbonyl (C=O) groups is 2. The minimum Gasteiger partial charge on any atom is -0.465 e. The number of carbonyl (C=O) groups excluding carboxylic acids is 2. The van der Waals surface area contributed by atoms with Crippen LogP contribution in [0.15, 0.2) is 72.1 Å². The summed E-state index contributed by atoms with van der Waals surface area (Å²) in [6.45, 7) is 0.934. The third kappa shape index (κ3) is 7.55. The number of ether oxygens (including phenoxy) is 2. The minimum absolute atomic E-state index is 0.00471. The summed E-state index contributed by atoms with van der Waals surface area (Å²) in [6.07, 6.45) is 7.25. The summed E-state index contributed by atoms with van der Waals surface area (Å²) in [5, 5.41) is 38.1. The van der Waals surface area contributed by atoms with Crippen molar-refractivity contribution < 1.29 is 19.1 Å². The summed E-state index contributed by atoms with van der Waals surface area (Å²) in [5.74, 6) is -0.785. The maximum atomic E-state index is 12.3. The number of aromatic nitrogens is 2. The van der Waals surface area contributed by atoms with Gasteiger partial charge in [0.05, 0.1) is 26.1 Å². The van der Waals surface area contributed by atoms with Gasteiger partial charge in [0.15, 0.2) is 0 Å². The first-order valence-corrected chi connectivity index (χ1v) is 13.5. The molecule has 0 saturated carbocycles. The first kappa shape index (κ1) is 29.9. The molecule has 0 amide bonds. The molecule has 0 fully saturated rings. The zero-order valence-electron chi connectivity index (χ0n) is 23.2. The molecule has 0 saturated heterocycles. The van der Waals surface area contributed by atoms with Crippen LogP contribution in [0.25, 0.3) is 34.0 Å². The van der Waals surface area contributed by atoms with Crippen LogP contribution >= 0.6 is 0 Å². The number of nitriles is 4. The number of aryl methyl sites for hydroxylation is 2. The minimum atomic E-state index is -0.392. The van der Waals surface area contributed by atoms with Crippen LogP contribution in [0.3, 0.4) is 0 Å². The van der Waals surface area contributed by atoms with E-state index in [-0.39, 0.29) is 37.2 Å². The van der Waals surface area contributed by atoms with Crippen molar-refractivity contribution in [2.24, 2.45) is 0 Å². The van der Waals surface area contributed by atoms with Gasteiger partial charge in [-0.05, 0) is 24.3 Å². The summed E-state index contributed by atoms with van der Waals surface area (Å²) in [6, 6.07) is 22.5. The fourth-order valence-corrected chi connectivity index (χ4v) is 4.64. The Morgan fingerprint density at radius 2 is 1.05 bits per heavy atom. The molecule has 2 aromatic carbocycles. The van der Waals surface area contributed by atoms with Crippen LogP contribution in [0, 0.1) is 45.3 Å². The lowest BCUT2D eigenvalue weighted by Crippen LogP contribution is -2.13. The molecule has 0 unspecified atom stereocenters. The van der Waals surface area contributed by atoms with Crippen LogP contribution in [0.1, 0.15) is 30.4 Å². The lowest BCUT2D eigenvalue weighted by atomic mass is 10.1. The molecular weight excluding hydrogens is 544 g/mol. The van der Waals surface area contributed by atoms with Crippen molar-refractivity contribution in [3.63, 3.8) is 0 Å². The summed E-state index contributed by atoms with van der Waals surface area (Å²) in [4.78, 5) is 24.6. The molecule has 0 radical (unpaired) electrons. The van der Waals surface area contributed by atoms with E-state index < -0.39 is 11.9 Å². The number of allylic oxidation sites excluding steroid dienone is 2. The van der Waals surface area contributed by atoms with Crippen molar-refractivity contribution in [1.82, 2.24) is 9.13 Å². The predicted molar refractivity (Wildman–Crippen MR) is 158 cm³/mol. The molecule has 0 aliphatic carbocycles. The SMILES string of the molecule is N#CC(C#N)=Cc1cn(CCC(=O)OCCCOC(=O)CCn2cc(C=C(C#N)C#N)c3ccccc32)c2ccccc12. The van der Waals surface area contributed by atoms with Crippen LogP contribution < -0.4 is 0 Å². The fraction of sp³-hybridized carbons (Fsp3) is 0.212. The highest BCUT2D eigenvalue weighted by atomic mass is 16.5. The second kappa shape index (κ2) is 14.5. The Morgan fingerprint density at radius 3 is 1.44 bits per heavy atom. The molecule has 0 spiro atoms. The topological polar surface area (TPSA) is 158 Å². The molecule has 0 aliphatic rings. The van der Waals surface area contributed by atoms with Gasteiger partial charge in [-0.15, -0.1) is 0 Å². The molecule has 43 heavy (non-hydrogen) atoms. The molecular formula is C33H26N6O4. The van der Waals surface area contributed by atoms with E-state index >= 15 is 0 Å². The first-order chi connectivity index (χ1) is 21.0. The van der Waals surface area contributed by atoms with Gasteiger partial charge in [0, 0.05) is 64.8 Å². The van der Waals surface area contributed by atoms with Gasteiger partial charge in [0.2, 0.25) is 0 Å². The van der Waals surface area contributed by atoms with Crippen LogP contribution in [0.2, 0.25) is 0 Å². The molecule has 0 aliphatic heterocycles. The number of hydrogen-bond acceptors (Lipinski definition) is 8. The molecule has 10 heteroatoms. The number of nitrogens with zero attached hydrogens (tertiary/aromatic N) is 6. The quantitative estimate of drug-likeness (QED) is 0.124. The van der Waals surface area contributed by atoms with Crippen molar-refractivity contribution >= 4 is 45.9 Å². The highest BCUT2D eigenvalue weighted by molar-refractivity contribution is 5.92. The van der Waals surface area contributed by atoms with Gasteiger partial charge in [-0.1, -0.05) is 36.4 Å². The zero-order valence-corrected chi connectivity index (χ0v) is 23.2. The number of benzene rings is 2. The third-order valence-electron chi connectivity index (χ3n) is 6.65. The second-order valence-corrected chi connectivity index (χ2v) is 9.45. The third-order valence-corrected chi connectivity index (χ3v) is 6.65. The van der Waals surface area contributed by atoms with E-state index in [1.807, 2.05) is 81.9 Å². The van der Waals surface area contributed by atoms with E-state index in [9.17, 15) is 9.59 Å². The van der Waals surface area contributed by atoms with E-state index in [1.165, 1.54) is 12.2 Å². The molecule has 212 valence electrons. The van der Waals surface area contributed by atoms with Crippen LogP contribution in [0.5, 0.6) is 0 Å². The molecule has 4 aromatic rings. The Labute approximate surface area is 248 Å². The van der Waals surface area contributed by atoms with Gasteiger partial charge in [0.1, 0.15) is 35.4 Å². The molecule has 0 bridgehead atoms. The van der Waals surface area contributed by atoms with Crippen LogP contribution in [0.4, 0.5) is 0 Å². The van der Waals surface area contributed by atoms with Crippen molar-refractivity contribution in [3.8, 4) is 24.3 Å². The van der Waals surface area contributed by atoms with Crippen molar-refractivity contribution in [3.05, 3.63) is 83.2 Å². The van der Waals surface area contributed by atoms with Gasteiger partial charge in [-0.3, -0.25) is 9.59 Å². The maximum Gasteiger partial charge on any atom is 0.307 e. The van der Waals surface area contributed by atoms with Crippen molar-refractivity contribution in [1.29, 1.82) is 21.0 Å². The molecule has 0 atom stereocenters. The lowest BCUT2D eigenvalue weighted by molar-refractivity contribution is -0.146. The van der Waals surface area contributed by atoms with Gasteiger partial charge < -0.3 is 18.6 Å². The number of hydrogen-bond donors (Lipinski definition) is 0. The largest absolute Gasteiger partial charge is 0.465 e. The van der Waals surface area contributed by atoms with E-state index in [2.05, 4.69) is 0 Å². The Morgan fingerprint density at radius 1 is 0.651 bits per heavy atom. The average Bonchev–Trinajstić information content (AvgIpc) is 3.57. The van der Waals surface area contributed by atoms with Crippen molar-refractivity contribution in [2.75, 3.05) is 13.2 Å².